The number of benzene rings is 1. The van der Waals surface area contributed by atoms with Gasteiger partial charge in [-0.25, -0.2) is 9.18 Å². The van der Waals surface area contributed by atoms with Gasteiger partial charge in [0, 0.05) is 6.54 Å². The van der Waals surface area contributed by atoms with E-state index in [2.05, 4.69) is 0 Å². The zero-order valence-corrected chi connectivity index (χ0v) is 10.3. The molecule has 0 saturated carbocycles. The third kappa shape index (κ3) is 2.42. The predicted octanol–water partition coefficient (Wildman–Crippen LogP) is 2.65. The molecule has 1 fully saturated rings. The first-order valence-corrected chi connectivity index (χ1v) is 6.01. The highest BCUT2D eigenvalue weighted by Gasteiger charge is 2.34. The summed E-state index contributed by atoms with van der Waals surface area (Å²) < 4.78 is 13.3. The Labute approximate surface area is 109 Å². The molecule has 1 aromatic carbocycles. The molecule has 1 aliphatic heterocycles. The van der Waals surface area contributed by atoms with Crippen LogP contribution in [0.15, 0.2) is 18.2 Å². The monoisotopic (exact) mass is 273 g/mol. The molecule has 4 nitrogen and oxygen atoms in total. The van der Waals surface area contributed by atoms with Gasteiger partial charge in [-0.3, -0.25) is 0 Å². The maximum Gasteiger partial charge on any atom is 0.407 e. The Morgan fingerprint density at radius 3 is 2.89 bits per heavy atom. The van der Waals surface area contributed by atoms with Crippen LogP contribution in [0.1, 0.15) is 24.5 Å². The largest absolute Gasteiger partial charge is 0.465 e. The van der Waals surface area contributed by atoms with Crippen molar-refractivity contribution in [3.8, 4) is 0 Å². The lowest BCUT2D eigenvalue weighted by Gasteiger charge is -2.26. The van der Waals surface area contributed by atoms with Crippen LogP contribution in [-0.4, -0.2) is 33.8 Å². The molecule has 2 rings (SSSR count). The van der Waals surface area contributed by atoms with Crippen molar-refractivity contribution in [1.29, 1.82) is 0 Å². The second-order valence-electron chi connectivity index (χ2n) is 4.30. The van der Waals surface area contributed by atoms with Crippen molar-refractivity contribution >= 4 is 17.7 Å². The van der Waals surface area contributed by atoms with Crippen molar-refractivity contribution in [3.63, 3.8) is 0 Å². The third-order valence-corrected chi connectivity index (χ3v) is 3.50. The van der Waals surface area contributed by atoms with Gasteiger partial charge in [0.2, 0.25) is 0 Å². The van der Waals surface area contributed by atoms with Gasteiger partial charge < -0.3 is 15.1 Å². The summed E-state index contributed by atoms with van der Waals surface area (Å²) in [6.07, 6.45) is -0.830. The average Bonchev–Trinajstić information content (AvgIpc) is 2.81. The standard InChI is InChI=1S/C12H13ClFNO3/c13-8-4-3-7(6-9(8)14)11(16)10-2-1-5-15(10)12(17)18/h3-4,6,10-11,16H,1-2,5H2,(H,17,18)/t10?,11-/m1/s1. The first-order chi connectivity index (χ1) is 8.50. The fourth-order valence-electron chi connectivity index (χ4n) is 2.28. The van der Waals surface area contributed by atoms with Gasteiger partial charge in [-0.2, -0.15) is 0 Å². The van der Waals surface area contributed by atoms with Crippen molar-refractivity contribution in [1.82, 2.24) is 4.90 Å². The molecule has 1 aromatic rings. The van der Waals surface area contributed by atoms with Crippen molar-refractivity contribution in [2.45, 2.75) is 25.0 Å². The minimum Gasteiger partial charge on any atom is -0.465 e. The number of carbonyl (C=O) groups is 1. The molecule has 1 heterocycles. The van der Waals surface area contributed by atoms with E-state index in [1.165, 1.54) is 17.0 Å². The fourth-order valence-corrected chi connectivity index (χ4v) is 2.39. The zero-order chi connectivity index (χ0) is 13.3. The molecule has 0 bridgehead atoms. The number of nitrogens with zero attached hydrogens (tertiary/aromatic N) is 1. The van der Waals surface area contributed by atoms with Gasteiger partial charge in [0.15, 0.2) is 0 Å². The Bertz CT molecular complexity index is 469. The predicted molar refractivity (Wildman–Crippen MR) is 64.1 cm³/mol. The molecule has 98 valence electrons. The minimum absolute atomic E-state index is 0.0209. The maximum atomic E-state index is 13.3. The van der Waals surface area contributed by atoms with Crippen LogP contribution in [0.4, 0.5) is 9.18 Å². The van der Waals surface area contributed by atoms with E-state index in [1.807, 2.05) is 0 Å². The van der Waals surface area contributed by atoms with Crippen LogP contribution in [0, 0.1) is 5.82 Å². The quantitative estimate of drug-likeness (QED) is 0.871. The first-order valence-electron chi connectivity index (χ1n) is 5.63. The lowest BCUT2D eigenvalue weighted by Crippen LogP contribution is -2.38. The summed E-state index contributed by atoms with van der Waals surface area (Å²) >= 11 is 5.56. The van der Waals surface area contributed by atoms with Gasteiger partial charge in [-0.05, 0) is 30.5 Å². The van der Waals surface area contributed by atoms with Crippen LogP contribution in [0.5, 0.6) is 0 Å². The first kappa shape index (κ1) is 13.1. The molecule has 18 heavy (non-hydrogen) atoms. The number of halogens is 2. The highest BCUT2D eigenvalue weighted by atomic mass is 35.5. The van der Waals surface area contributed by atoms with E-state index in [-0.39, 0.29) is 5.02 Å². The highest BCUT2D eigenvalue weighted by Crippen LogP contribution is 2.30. The molecule has 2 N–H and O–H groups in total. The molecule has 0 spiro atoms. The summed E-state index contributed by atoms with van der Waals surface area (Å²) in [6.45, 7) is 0.396. The smallest absolute Gasteiger partial charge is 0.407 e. The average molecular weight is 274 g/mol. The Morgan fingerprint density at radius 1 is 1.56 bits per heavy atom. The SMILES string of the molecule is O=C(O)N1CCCC1[C@H](O)c1ccc(Cl)c(F)c1. The maximum absolute atomic E-state index is 13.3. The van der Waals surface area contributed by atoms with Crippen LogP contribution in [0.25, 0.3) is 0 Å². The molecular weight excluding hydrogens is 261 g/mol. The van der Waals surface area contributed by atoms with Crippen molar-refractivity contribution in [2.24, 2.45) is 0 Å². The lowest BCUT2D eigenvalue weighted by molar-refractivity contribution is 0.0675. The van der Waals surface area contributed by atoms with Gasteiger partial charge >= 0.3 is 6.09 Å². The summed E-state index contributed by atoms with van der Waals surface area (Å²) in [5, 5.41) is 19.1. The van der Waals surface area contributed by atoms with Crippen LogP contribution in [-0.2, 0) is 0 Å². The number of hydrogen-bond donors (Lipinski definition) is 2. The van der Waals surface area contributed by atoms with Gasteiger partial charge in [-0.1, -0.05) is 17.7 Å². The van der Waals surface area contributed by atoms with E-state index >= 15 is 0 Å². The van der Waals surface area contributed by atoms with Crippen LogP contribution < -0.4 is 0 Å². The van der Waals surface area contributed by atoms with Gasteiger partial charge in [0.05, 0.1) is 17.2 Å². The van der Waals surface area contributed by atoms with Crippen LogP contribution in [0.3, 0.4) is 0 Å². The summed E-state index contributed by atoms with van der Waals surface area (Å²) in [7, 11) is 0. The Balaban J connectivity index is 2.22. The van der Waals surface area contributed by atoms with Gasteiger partial charge in [-0.15, -0.1) is 0 Å². The Kier molecular flexibility index (Phi) is 3.73. The third-order valence-electron chi connectivity index (χ3n) is 3.19. The number of aliphatic hydroxyl groups excluding tert-OH is 1. The van der Waals surface area contributed by atoms with Crippen LogP contribution in [0.2, 0.25) is 5.02 Å². The molecule has 0 radical (unpaired) electrons. The normalized spacial score (nSPS) is 21.1. The molecule has 1 unspecified atom stereocenters. The topological polar surface area (TPSA) is 60.8 Å². The number of amides is 1. The number of likely N-dealkylation sites (tertiary alicyclic amines) is 1. The number of hydrogen-bond acceptors (Lipinski definition) is 2. The Hall–Kier alpha value is -1.33. The second-order valence-corrected chi connectivity index (χ2v) is 4.71. The van der Waals surface area contributed by atoms with E-state index < -0.39 is 24.1 Å². The van der Waals surface area contributed by atoms with E-state index in [0.29, 0.717) is 24.9 Å². The molecular formula is C12H13ClFNO3. The summed E-state index contributed by atoms with van der Waals surface area (Å²) in [5.41, 5.74) is 0.343. The molecule has 1 aliphatic rings. The number of aliphatic hydroxyl groups is 1. The van der Waals surface area contributed by atoms with E-state index in [0.717, 1.165) is 6.07 Å². The lowest BCUT2D eigenvalue weighted by atomic mass is 10.0. The van der Waals surface area contributed by atoms with Gasteiger partial charge in [0.25, 0.3) is 0 Å². The molecule has 2 atom stereocenters. The van der Waals surface area contributed by atoms with E-state index in [4.69, 9.17) is 16.7 Å². The fraction of sp³-hybridized carbons (Fsp3) is 0.417. The molecule has 0 aromatic heterocycles. The summed E-state index contributed by atoms with van der Waals surface area (Å²) in [4.78, 5) is 12.2. The minimum atomic E-state index is -1.06. The van der Waals surface area contributed by atoms with E-state index in [1.54, 1.807) is 0 Å². The van der Waals surface area contributed by atoms with Gasteiger partial charge in [0.1, 0.15) is 5.82 Å². The van der Waals surface area contributed by atoms with Crippen LogP contribution >= 0.6 is 11.6 Å². The number of rotatable bonds is 2. The van der Waals surface area contributed by atoms with Crippen molar-refractivity contribution in [3.05, 3.63) is 34.6 Å². The highest BCUT2D eigenvalue weighted by molar-refractivity contribution is 6.30. The number of carboxylic acid groups (broad SMARTS) is 1. The molecule has 6 heteroatoms. The van der Waals surface area contributed by atoms with E-state index in [9.17, 15) is 14.3 Å². The second kappa shape index (κ2) is 5.12. The Morgan fingerprint density at radius 2 is 2.28 bits per heavy atom. The molecule has 1 saturated heterocycles. The molecule has 0 aliphatic carbocycles. The molecule has 1 amide bonds. The summed E-state index contributed by atoms with van der Waals surface area (Å²) in [6, 6.07) is 3.48. The zero-order valence-electron chi connectivity index (χ0n) is 9.51. The van der Waals surface area contributed by atoms with Crippen molar-refractivity contribution < 1.29 is 19.4 Å². The van der Waals surface area contributed by atoms with Crippen molar-refractivity contribution in [2.75, 3.05) is 6.54 Å². The summed E-state index contributed by atoms with van der Waals surface area (Å²) in [5.74, 6) is -0.618.